The number of ether oxygens (including phenoxy) is 1. The smallest absolute Gasteiger partial charge is 0.416 e. The average molecular weight is 397 g/mol. The molecule has 1 aliphatic heterocycles. The molecule has 6 nitrogen and oxygen atoms in total. The lowest BCUT2D eigenvalue weighted by molar-refractivity contribution is -0.159. The summed E-state index contributed by atoms with van der Waals surface area (Å²) in [5, 5.41) is 4.24. The van der Waals surface area contributed by atoms with Crippen LogP contribution in [0.25, 0.3) is 0 Å². The maximum absolute atomic E-state index is 12.9. The topological polar surface area (TPSA) is 66.1 Å². The number of benzene rings is 1. The number of hydrogen-bond acceptors (Lipinski definition) is 4. The van der Waals surface area contributed by atoms with Crippen LogP contribution in [0.1, 0.15) is 56.6 Å². The van der Waals surface area contributed by atoms with Gasteiger partial charge in [0.15, 0.2) is 0 Å². The van der Waals surface area contributed by atoms with Gasteiger partial charge in [-0.25, -0.2) is 14.3 Å². The van der Waals surface area contributed by atoms with E-state index in [1.807, 2.05) is 0 Å². The summed E-state index contributed by atoms with van der Waals surface area (Å²) < 4.78 is 46.5. The summed E-state index contributed by atoms with van der Waals surface area (Å²) in [6.45, 7) is 5.13. The van der Waals surface area contributed by atoms with Gasteiger partial charge in [0.05, 0.1) is 12.1 Å². The van der Waals surface area contributed by atoms with Gasteiger partial charge in [0, 0.05) is 6.42 Å². The molecule has 9 heteroatoms. The summed E-state index contributed by atoms with van der Waals surface area (Å²) in [6, 6.07) is 4.00. The minimum Gasteiger partial charge on any atom is -0.458 e. The molecule has 3 rings (SSSR count). The molecule has 1 atom stereocenters. The SMILES string of the molecule is CC(C)(C)OC(=O)[C@@H]1CCCc2nn(Cc3cccc(C(F)(F)F)c3)c(=O)n21. The fourth-order valence-electron chi connectivity index (χ4n) is 3.25. The van der Waals surface area contributed by atoms with Gasteiger partial charge in [-0.1, -0.05) is 12.1 Å². The average Bonchev–Trinajstić information content (AvgIpc) is 2.89. The summed E-state index contributed by atoms with van der Waals surface area (Å²) in [5.41, 5.74) is -1.69. The lowest BCUT2D eigenvalue weighted by Gasteiger charge is -2.26. The van der Waals surface area contributed by atoms with Gasteiger partial charge in [0.1, 0.15) is 17.5 Å². The second-order valence-electron chi connectivity index (χ2n) is 7.87. The highest BCUT2D eigenvalue weighted by atomic mass is 19.4. The van der Waals surface area contributed by atoms with Crippen LogP contribution in [0.4, 0.5) is 13.2 Å². The number of alkyl halides is 3. The summed E-state index contributed by atoms with van der Waals surface area (Å²) in [7, 11) is 0. The number of carbonyl (C=O) groups is 1. The Kier molecular flexibility index (Phi) is 5.12. The third-order valence-electron chi connectivity index (χ3n) is 4.40. The lowest BCUT2D eigenvalue weighted by Crippen LogP contribution is -2.38. The maximum atomic E-state index is 12.9. The van der Waals surface area contributed by atoms with Crippen LogP contribution in [-0.2, 0) is 28.7 Å². The van der Waals surface area contributed by atoms with Crippen LogP contribution in [0.5, 0.6) is 0 Å². The number of hydrogen-bond donors (Lipinski definition) is 0. The zero-order valence-electron chi connectivity index (χ0n) is 15.9. The minimum absolute atomic E-state index is 0.107. The van der Waals surface area contributed by atoms with E-state index in [1.165, 1.54) is 16.7 Å². The van der Waals surface area contributed by atoms with Gasteiger partial charge in [-0.2, -0.15) is 18.3 Å². The molecule has 0 amide bonds. The fraction of sp³-hybridized carbons (Fsp3) is 0.526. The molecular weight excluding hydrogens is 375 g/mol. The standard InChI is InChI=1S/C19H22F3N3O3/c1-18(2,3)28-16(26)14-8-5-9-15-23-24(17(27)25(14)15)11-12-6-4-7-13(10-12)19(20,21)22/h4,6-7,10,14H,5,8-9,11H2,1-3H3/t14-/m0/s1. The molecule has 0 unspecified atom stereocenters. The largest absolute Gasteiger partial charge is 0.458 e. The molecule has 2 aromatic rings. The Hall–Kier alpha value is -2.58. The van der Waals surface area contributed by atoms with Crippen molar-refractivity contribution in [2.75, 3.05) is 0 Å². The number of carbonyl (C=O) groups excluding carboxylic acids is 1. The van der Waals surface area contributed by atoms with Crippen molar-refractivity contribution in [2.45, 2.75) is 64.4 Å². The molecule has 0 aliphatic carbocycles. The molecule has 0 fully saturated rings. The van der Waals surface area contributed by atoms with Gasteiger partial charge in [0.2, 0.25) is 0 Å². The van der Waals surface area contributed by atoms with Crippen molar-refractivity contribution in [2.24, 2.45) is 0 Å². The van der Waals surface area contributed by atoms with Crippen molar-refractivity contribution in [3.05, 3.63) is 51.7 Å². The summed E-state index contributed by atoms with van der Waals surface area (Å²) in [6.07, 6.45) is -2.82. The van der Waals surface area contributed by atoms with Crippen LogP contribution in [0.3, 0.4) is 0 Å². The van der Waals surface area contributed by atoms with Crippen molar-refractivity contribution in [1.82, 2.24) is 14.3 Å². The van der Waals surface area contributed by atoms with E-state index in [1.54, 1.807) is 20.8 Å². The fourth-order valence-corrected chi connectivity index (χ4v) is 3.25. The second kappa shape index (κ2) is 7.10. The Morgan fingerprint density at radius 3 is 2.64 bits per heavy atom. The third kappa shape index (κ3) is 4.28. The molecule has 28 heavy (non-hydrogen) atoms. The van der Waals surface area contributed by atoms with Crippen LogP contribution in [-0.4, -0.2) is 25.9 Å². The summed E-state index contributed by atoms with van der Waals surface area (Å²) >= 11 is 0. The van der Waals surface area contributed by atoms with Crippen molar-refractivity contribution in [1.29, 1.82) is 0 Å². The van der Waals surface area contributed by atoms with Gasteiger partial charge >= 0.3 is 17.8 Å². The van der Waals surface area contributed by atoms with Gasteiger partial charge in [-0.05, 0) is 51.3 Å². The van der Waals surface area contributed by atoms with Gasteiger partial charge < -0.3 is 4.74 Å². The molecule has 0 saturated heterocycles. The van der Waals surface area contributed by atoms with E-state index in [2.05, 4.69) is 5.10 Å². The van der Waals surface area contributed by atoms with Crippen LogP contribution in [0, 0.1) is 0 Å². The number of aryl methyl sites for hydroxylation is 1. The number of nitrogens with zero attached hydrogens (tertiary/aromatic N) is 3. The molecule has 0 N–H and O–H groups in total. The number of rotatable bonds is 3. The zero-order chi connectivity index (χ0) is 20.7. The molecule has 2 heterocycles. The first kappa shape index (κ1) is 20.2. The van der Waals surface area contributed by atoms with Crippen LogP contribution in [0.15, 0.2) is 29.1 Å². The first-order valence-corrected chi connectivity index (χ1v) is 9.03. The third-order valence-corrected chi connectivity index (χ3v) is 4.40. The normalized spacial score (nSPS) is 17.3. The second-order valence-corrected chi connectivity index (χ2v) is 7.87. The number of halogens is 3. The van der Waals surface area contributed by atoms with E-state index >= 15 is 0 Å². The van der Waals surface area contributed by atoms with Crippen LogP contribution in [0.2, 0.25) is 0 Å². The van der Waals surface area contributed by atoms with Gasteiger partial charge in [-0.3, -0.25) is 4.57 Å². The number of fused-ring (bicyclic) bond motifs is 1. The lowest BCUT2D eigenvalue weighted by atomic mass is 10.0. The van der Waals surface area contributed by atoms with E-state index in [9.17, 15) is 22.8 Å². The molecule has 152 valence electrons. The van der Waals surface area contributed by atoms with Crippen molar-refractivity contribution in [3.63, 3.8) is 0 Å². The molecule has 0 radical (unpaired) electrons. The van der Waals surface area contributed by atoms with E-state index in [-0.39, 0.29) is 6.54 Å². The molecule has 1 aliphatic rings. The number of esters is 1. The molecule has 0 bridgehead atoms. The highest BCUT2D eigenvalue weighted by Crippen LogP contribution is 2.30. The quantitative estimate of drug-likeness (QED) is 0.746. The molecule has 0 saturated carbocycles. The zero-order valence-corrected chi connectivity index (χ0v) is 15.9. The Labute approximate surface area is 159 Å². The summed E-state index contributed by atoms with van der Waals surface area (Å²) in [5.74, 6) is -0.0618. The first-order valence-electron chi connectivity index (χ1n) is 9.03. The predicted octanol–water partition coefficient (Wildman–Crippen LogP) is 3.33. The highest BCUT2D eigenvalue weighted by Gasteiger charge is 2.34. The Bertz CT molecular complexity index is 938. The Morgan fingerprint density at radius 2 is 2.00 bits per heavy atom. The van der Waals surface area contributed by atoms with E-state index in [0.29, 0.717) is 30.7 Å². The van der Waals surface area contributed by atoms with Gasteiger partial charge in [-0.15, -0.1) is 0 Å². The van der Waals surface area contributed by atoms with Crippen molar-refractivity contribution < 1.29 is 22.7 Å². The van der Waals surface area contributed by atoms with Crippen LogP contribution < -0.4 is 5.69 Å². The highest BCUT2D eigenvalue weighted by molar-refractivity contribution is 5.74. The molecule has 0 spiro atoms. The molecule has 1 aromatic heterocycles. The Balaban J connectivity index is 1.91. The number of aromatic nitrogens is 3. The predicted molar refractivity (Wildman–Crippen MR) is 94.9 cm³/mol. The van der Waals surface area contributed by atoms with Crippen molar-refractivity contribution >= 4 is 5.97 Å². The maximum Gasteiger partial charge on any atom is 0.416 e. The molecule has 1 aromatic carbocycles. The van der Waals surface area contributed by atoms with E-state index < -0.39 is 35.0 Å². The van der Waals surface area contributed by atoms with Crippen molar-refractivity contribution in [3.8, 4) is 0 Å². The monoisotopic (exact) mass is 397 g/mol. The first-order chi connectivity index (χ1) is 13.0. The van der Waals surface area contributed by atoms with E-state index in [0.717, 1.165) is 16.8 Å². The van der Waals surface area contributed by atoms with Crippen LogP contribution >= 0.6 is 0 Å². The minimum atomic E-state index is -4.46. The Morgan fingerprint density at radius 1 is 1.29 bits per heavy atom. The molecular formula is C19H22F3N3O3. The van der Waals surface area contributed by atoms with E-state index in [4.69, 9.17) is 4.74 Å². The van der Waals surface area contributed by atoms with Gasteiger partial charge in [0.25, 0.3) is 0 Å². The summed E-state index contributed by atoms with van der Waals surface area (Å²) in [4.78, 5) is 25.3.